The van der Waals surface area contributed by atoms with Crippen LogP contribution in [0.3, 0.4) is 0 Å². The molecule has 0 atom stereocenters. The molecule has 4 nitrogen and oxygen atoms in total. The van der Waals surface area contributed by atoms with Crippen molar-refractivity contribution in [3.8, 4) is 0 Å². The SMILES string of the molecule is CC(C)NC(N)=NCC(C)(C)N1CCCCC1. The van der Waals surface area contributed by atoms with E-state index in [4.69, 9.17) is 5.73 Å². The maximum absolute atomic E-state index is 5.83. The van der Waals surface area contributed by atoms with E-state index in [1.165, 1.54) is 32.4 Å². The fourth-order valence-corrected chi connectivity index (χ4v) is 2.22. The second kappa shape index (κ2) is 6.24. The van der Waals surface area contributed by atoms with Gasteiger partial charge in [0.05, 0.1) is 6.54 Å². The van der Waals surface area contributed by atoms with Gasteiger partial charge in [-0.1, -0.05) is 6.42 Å². The van der Waals surface area contributed by atoms with Gasteiger partial charge < -0.3 is 11.1 Å². The van der Waals surface area contributed by atoms with Crippen LogP contribution in [0.5, 0.6) is 0 Å². The molecular formula is C13H28N4. The molecule has 0 amide bonds. The second-order valence-electron chi connectivity index (χ2n) is 5.86. The van der Waals surface area contributed by atoms with E-state index in [0.29, 0.717) is 12.0 Å². The third-order valence-electron chi connectivity index (χ3n) is 3.29. The number of rotatable bonds is 4. The normalized spacial score (nSPS) is 19.7. The number of likely N-dealkylation sites (tertiary alicyclic amines) is 1. The summed E-state index contributed by atoms with van der Waals surface area (Å²) in [7, 11) is 0. The first-order valence-corrected chi connectivity index (χ1v) is 6.73. The van der Waals surface area contributed by atoms with Gasteiger partial charge in [-0.3, -0.25) is 9.89 Å². The quantitative estimate of drug-likeness (QED) is 0.579. The summed E-state index contributed by atoms with van der Waals surface area (Å²) in [5.41, 5.74) is 5.95. The number of hydrogen-bond acceptors (Lipinski definition) is 2. The Labute approximate surface area is 106 Å². The highest BCUT2D eigenvalue weighted by Gasteiger charge is 2.27. The van der Waals surface area contributed by atoms with E-state index in [1.807, 2.05) is 0 Å². The van der Waals surface area contributed by atoms with Gasteiger partial charge >= 0.3 is 0 Å². The van der Waals surface area contributed by atoms with Crippen LogP contribution in [0.25, 0.3) is 0 Å². The average Bonchev–Trinajstić information content (AvgIpc) is 2.27. The van der Waals surface area contributed by atoms with Crippen LogP contribution in [-0.2, 0) is 0 Å². The molecule has 100 valence electrons. The fraction of sp³-hybridized carbons (Fsp3) is 0.923. The van der Waals surface area contributed by atoms with E-state index in [0.717, 1.165) is 6.54 Å². The molecule has 0 spiro atoms. The molecule has 0 bridgehead atoms. The smallest absolute Gasteiger partial charge is 0.188 e. The summed E-state index contributed by atoms with van der Waals surface area (Å²) in [6.07, 6.45) is 3.99. The Morgan fingerprint density at radius 1 is 1.29 bits per heavy atom. The minimum atomic E-state index is 0.115. The molecule has 0 radical (unpaired) electrons. The highest BCUT2D eigenvalue weighted by atomic mass is 15.2. The van der Waals surface area contributed by atoms with Crippen molar-refractivity contribution in [1.29, 1.82) is 0 Å². The Morgan fingerprint density at radius 3 is 2.41 bits per heavy atom. The molecule has 1 aliphatic rings. The molecule has 1 rings (SSSR count). The van der Waals surface area contributed by atoms with Crippen LogP contribution < -0.4 is 11.1 Å². The minimum Gasteiger partial charge on any atom is -0.370 e. The highest BCUT2D eigenvalue weighted by Crippen LogP contribution is 2.20. The standard InChI is InChI=1S/C13H28N4/c1-11(2)16-12(14)15-10-13(3,4)17-8-6-5-7-9-17/h11H,5-10H2,1-4H3,(H3,14,15,16). The molecule has 0 unspecified atom stereocenters. The van der Waals surface area contributed by atoms with Crippen LogP contribution in [0.15, 0.2) is 4.99 Å². The highest BCUT2D eigenvalue weighted by molar-refractivity contribution is 5.78. The zero-order chi connectivity index (χ0) is 12.9. The van der Waals surface area contributed by atoms with Gasteiger partial charge in [-0.2, -0.15) is 0 Å². The molecule has 1 fully saturated rings. The Bertz CT molecular complexity index is 252. The van der Waals surface area contributed by atoms with Crippen LogP contribution >= 0.6 is 0 Å². The Balaban J connectivity index is 2.47. The lowest BCUT2D eigenvalue weighted by molar-refractivity contribution is 0.102. The van der Waals surface area contributed by atoms with E-state index in [-0.39, 0.29) is 5.54 Å². The van der Waals surface area contributed by atoms with Crippen molar-refractivity contribution in [1.82, 2.24) is 10.2 Å². The summed E-state index contributed by atoms with van der Waals surface area (Å²) >= 11 is 0. The van der Waals surface area contributed by atoms with Gasteiger partial charge in [0.2, 0.25) is 0 Å². The lowest BCUT2D eigenvalue weighted by Crippen LogP contribution is -2.49. The molecule has 0 aromatic carbocycles. The molecule has 1 saturated heterocycles. The van der Waals surface area contributed by atoms with Crippen molar-refractivity contribution in [3.05, 3.63) is 0 Å². The summed E-state index contributed by atoms with van der Waals surface area (Å²) < 4.78 is 0. The number of guanidine groups is 1. The number of nitrogens with zero attached hydrogens (tertiary/aromatic N) is 2. The molecule has 3 N–H and O–H groups in total. The third-order valence-corrected chi connectivity index (χ3v) is 3.29. The molecule has 0 aromatic heterocycles. The van der Waals surface area contributed by atoms with Crippen LogP contribution in [-0.4, -0.2) is 42.1 Å². The van der Waals surface area contributed by atoms with Crippen LogP contribution in [0.1, 0.15) is 47.0 Å². The average molecular weight is 240 g/mol. The van der Waals surface area contributed by atoms with Crippen molar-refractivity contribution < 1.29 is 0 Å². The predicted octanol–water partition coefficient (Wildman–Crippen LogP) is 1.56. The van der Waals surface area contributed by atoms with Crippen molar-refractivity contribution in [2.24, 2.45) is 10.7 Å². The maximum Gasteiger partial charge on any atom is 0.188 e. The third kappa shape index (κ3) is 4.94. The molecule has 17 heavy (non-hydrogen) atoms. The first-order chi connectivity index (χ1) is 7.92. The van der Waals surface area contributed by atoms with E-state index in [1.54, 1.807) is 0 Å². The Hall–Kier alpha value is -0.770. The van der Waals surface area contributed by atoms with Crippen molar-refractivity contribution in [2.75, 3.05) is 19.6 Å². The summed E-state index contributed by atoms with van der Waals surface area (Å²) in [5, 5.41) is 3.13. The molecule has 0 aromatic rings. The van der Waals surface area contributed by atoms with E-state index in [9.17, 15) is 0 Å². The largest absolute Gasteiger partial charge is 0.370 e. The number of hydrogen-bond donors (Lipinski definition) is 2. The maximum atomic E-state index is 5.83. The van der Waals surface area contributed by atoms with Crippen LogP contribution in [0, 0.1) is 0 Å². The minimum absolute atomic E-state index is 0.115. The van der Waals surface area contributed by atoms with Gasteiger partial charge in [-0.05, 0) is 53.6 Å². The zero-order valence-corrected chi connectivity index (χ0v) is 11.8. The van der Waals surface area contributed by atoms with Crippen molar-refractivity contribution in [2.45, 2.75) is 58.5 Å². The van der Waals surface area contributed by atoms with E-state index in [2.05, 4.69) is 42.9 Å². The molecule has 4 heteroatoms. The Kier molecular flexibility index (Phi) is 5.25. The monoisotopic (exact) mass is 240 g/mol. The van der Waals surface area contributed by atoms with Crippen LogP contribution in [0.4, 0.5) is 0 Å². The summed E-state index contributed by atoms with van der Waals surface area (Å²) in [6.45, 7) is 11.8. The number of aliphatic imine (C=N–C) groups is 1. The summed E-state index contributed by atoms with van der Waals surface area (Å²) in [4.78, 5) is 6.98. The summed E-state index contributed by atoms with van der Waals surface area (Å²) in [6, 6.07) is 0.344. The zero-order valence-electron chi connectivity index (χ0n) is 11.8. The van der Waals surface area contributed by atoms with Gasteiger partial charge in [0.25, 0.3) is 0 Å². The first-order valence-electron chi connectivity index (χ1n) is 6.73. The summed E-state index contributed by atoms with van der Waals surface area (Å²) in [5.74, 6) is 0.560. The predicted molar refractivity (Wildman–Crippen MR) is 74.3 cm³/mol. The van der Waals surface area contributed by atoms with E-state index >= 15 is 0 Å². The number of nitrogens with one attached hydrogen (secondary N) is 1. The van der Waals surface area contributed by atoms with Crippen LogP contribution in [0.2, 0.25) is 0 Å². The van der Waals surface area contributed by atoms with Gasteiger partial charge in [-0.25, -0.2) is 0 Å². The molecule has 1 aliphatic heterocycles. The van der Waals surface area contributed by atoms with Crippen molar-refractivity contribution >= 4 is 5.96 Å². The topological polar surface area (TPSA) is 53.6 Å². The van der Waals surface area contributed by atoms with Crippen molar-refractivity contribution in [3.63, 3.8) is 0 Å². The van der Waals surface area contributed by atoms with Gasteiger partial charge in [-0.15, -0.1) is 0 Å². The molecular weight excluding hydrogens is 212 g/mol. The lowest BCUT2D eigenvalue weighted by atomic mass is 9.99. The second-order valence-corrected chi connectivity index (χ2v) is 5.86. The number of nitrogens with two attached hydrogens (primary N) is 1. The number of piperidine rings is 1. The first kappa shape index (κ1) is 14.3. The Morgan fingerprint density at radius 2 is 1.88 bits per heavy atom. The van der Waals surface area contributed by atoms with E-state index < -0.39 is 0 Å². The van der Waals surface area contributed by atoms with Gasteiger partial charge in [0.15, 0.2) is 5.96 Å². The molecule has 0 saturated carbocycles. The lowest BCUT2D eigenvalue weighted by Gasteiger charge is -2.40. The fourth-order valence-electron chi connectivity index (χ4n) is 2.22. The van der Waals surface area contributed by atoms with Gasteiger partial charge in [0, 0.05) is 11.6 Å². The molecule has 1 heterocycles. The van der Waals surface area contributed by atoms with Gasteiger partial charge in [0.1, 0.15) is 0 Å². The molecule has 0 aliphatic carbocycles.